The summed E-state index contributed by atoms with van der Waals surface area (Å²) in [5, 5.41) is 0. The van der Waals surface area contributed by atoms with E-state index in [-0.39, 0.29) is 11.7 Å². The first-order chi connectivity index (χ1) is 13.0. The zero-order chi connectivity index (χ0) is 18.6. The summed E-state index contributed by atoms with van der Waals surface area (Å²) in [6, 6.07) is 0. The molecule has 1 saturated heterocycles. The van der Waals surface area contributed by atoms with Gasteiger partial charge in [0.2, 0.25) is 0 Å². The number of ether oxygens (including phenoxy) is 2. The van der Waals surface area contributed by atoms with Crippen molar-refractivity contribution < 1.29 is 14.3 Å². The number of carbonyl (C=O) groups excluding carboxylic acids is 1. The van der Waals surface area contributed by atoms with E-state index in [0.29, 0.717) is 23.2 Å². The molecule has 5 aliphatic rings. The molecule has 1 heterocycles. The van der Waals surface area contributed by atoms with Gasteiger partial charge in [0.05, 0.1) is 6.10 Å². The van der Waals surface area contributed by atoms with Crippen molar-refractivity contribution in [3.05, 3.63) is 0 Å². The summed E-state index contributed by atoms with van der Waals surface area (Å²) < 4.78 is 12.5. The van der Waals surface area contributed by atoms with Gasteiger partial charge in [0.1, 0.15) is 5.78 Å². The van der Waals surface area contributed by atoms with Crippen LogP contribution in [-0.4, -0.2) is 24.8 Å². The van der Waals surface area contributed by atoms with E-state index in [1.165, 1.54) is 51.4 Å². The molecule has 5 rings (SSSR count). The van der Waals surface area contributed by atoms with Gasteiger partial charge >= 0.3 is 0 Å². The van der Waals surface area contributed by atoms with Crippen LogP contribution in [0.5, 0.6) is 0 Å². The maximum absolute atomic E-state index is 12.6. The van der Waals surface area contributed by atoms with Crippen molar-refractivity contribution >= 4 is 5.78 Å². The van der Waals surface area contributed by atoms with Crippen molar-refractivity contribution in [3.63, 3.8) is 0 Å². The Morgan fingerprint density at radius 2 is 1.74 bits per heavy atom. The van der Waals surface area contributed by atoms with Crippen LogP contribution in [0.4, 0.5) is 0 Å². The molecule has 4 saturated carbocycles. The highest BCUT2D eigenvalue weighted by Gasteiger charge is 2.61. The van der Waals surface area contributed by atoms with Gasteiger partial charge in [0.25, 0.3) is 0 Å². The monoisotopic (exact) mass is 374 g/mol. The van der Waals surface area contributed by atoms with Crippen LogP contribution >= 0.6 is 0 Å². The van der Waals surface area contributed by atoms with E-state index in [2.05, 4.69) is 13.8 Å². The Morgan fingerprint density at radius 1 is 0.889 bits per heavy atom. The number of ketones is 1. The molecule has 1 unspecified atom stereocenters. The average molecular weight is 375 g/mol. The van der Waals surface area contributed by atoms with Crippen molar-refractivity contribution in [1.82, 2.24) is 0 Å². The predicted molar refractivity (Wildman–Crippen MR) is 105 cm³/mol. The van der Waals surface area contributed by atoms with Gasteiger partial charge in [-0.3, -0.25) is 4.79 Å². The summed E-state index contributed by atoms with van der Waals surface area (Å²) in [5.41, 5.74) is 0.606. The zero-order valence-electron chi connectivity index (χ0n) is 17.4. The highest BCUT2D eigenvalue weighted by atomic mass is 16.7. The van der Waals surface area contributed by atoms with Crippen LogP contribution in [0.1, 0.15) is 90.9 Å². The molecule has 0 aromatic rings. The molecule has 0 bridgehead atoms. The molecule has 0 aromatic heterocycles. The minimum Gasteiger partial charge on any atom is -0.353 e. The van der Waals surface area contributed by atoms with Gasteiger partial charge in [0, 0.05) is 18.9 Å². The number of carbonyl (C=O) groups is 1. The number of Topliss-reactive ketones (excluding diaryl/α,β-unsaturated/α-hetero) is 1. The molecule has 0 radical (unpaired) electrons. The summed E-state index contributed by atoms with van der Waals surface area (Å²) in [4.78, 5) is 12.6. The van der Waals surface area contributed by atoms with E-state index in [1.54, 1.807) is 0 Å². The fraction of sp³-hybridized carbons (Fsp3) is 0.958. The van der Waals surface area contributed by atoms with E-state index in [1.807, 2.05) is 0 Å². The lowest BCUT2D eigenvalue weighted by Gasteiger charge is -2.59. The number of hydrogen-bond acceptors (Lipinski definition) is 3. The van der Waals surface area contributed by atoms with Gasteiger partial charge in [-0.05, 0) is 99.2 Å². The molecule has 0 N–H and O–H groups in total. The van der Waals surface area contributed by atoms with Crippen LogP contribution in [0.3, 0.4) is 0 Å². The predicted octanol–water partition coefficient (Wildman–Crippen LogP) is 5.51. The molecular weight excluding hydrogens is 336 g/mol. The lowest BCUT2D eigenvalue weighted by molar-refractivity contribution is -0.218. The summed E-state index contributed by atoms with van der Waals surface area (Å²) in [5.74, 6) is 3.32. The summed E-state index contributed by atoms with van der Waals surface area (Å²) >= 11 is 0. The van der Waals surface area contributed by atoms with E-state index in [4.69, 9.17) is 9.47 Å². The average Bonchev–Trinajstić information content (AvgIpc) is 2.99. The lowest BCUT2D eigenvalue weighted by atomic mass is 9.45. The molecule has 0 amide bonds. The third-order valence-electron chi connectivity index (χ3n) is 9.76. The topological polar surface area (TPSA) is 35.5 Å². The third kappa shape index (κ3) is 2.86. The zero-order valence-corrected chi connectivity index (χ0v) is 17.4. The Hall–Kier alpha value is -0.410. The van der Waals surface area contributed by atoms with Crippen LogP contribution in [0.2, 0.25) is 0 Å². The van der Waals surface area contributed by atoms with E-state index < -0.39 is 0 Å². The van der Waals surface area contributed by atoms with Crippen molar-refractivity contribution in [2.45, 2.75) is 103 Å². The van der Waals surface area contributed by atoms with Crippen molar-refractivity contribution in [2.75, 3.05) is 6.61 Å². The molecule has 8 atom stereocenters. The molecule has 0 spiro atoms. The van der Waals surface area contributed by atoms with Crippen molar-refractivity contribution in [3.8, 4) is 0 Å². The molecule has 3 nitrogen and oxygen atoms in total. The van der Waals surface area contributed by atoms with Crippen LogP contribution < -0.4 is 0 Å². The fourth-order valence-electron chi connectivity index (χ4n) is 8.34. The third-order valence-corrected chi connectivity index (χ3v) is 9.76. The van der Waals surface area contributed by atoms with Gasteiger partial charge in [-0.2, -0.15) is 0 Å². The largest absolute Gasteiger partial charge is 0.353 e. The molecular formula is C24H38O3. The molecule has 4 aliphatic carbocycles. The van der Waals surface area contributed by atoms with E-state index in [9.17, 15) is 4.79 Å². The highest BCUT2D eigenvalue weighted by Crippen LogP contribution is 2.66. The van der Waals surface area contributed by atoms with Crippen molar-refractivity contribution in [2.24, 2.45) is 34.5 Å². The first-order valence-electron chi connectivity index (χ1n) is 11.8. The van der Waals surface area contributed by atoms with E-state index >= 15 is 0 Å². The second kappa shape index (κ2) is 6.83. The molecule has 0 aromatic carbocycles. The van der Waals surface area contributed by atoms with Crippen LogP contribution in [-0.2, 0) is 14.3 Å². The fourth-order valence-corrected chi connectivity index (χ4v) is 8.34. The second-order valence-corrected chi connectivity index (χ2v) is 10.9. The van der Waals surface area contributed by atoms with Gasteiger partial charge < -0.3 is 9.47 Å². The second-order valence-electron chi connectivity index (χ2n) is 10.9. The van der Waals surface area contributed by atoms with Gasteiger partial charge in [-0.1, -0.05) is 13.8 Å². The Balaban J connectivity index is 1.34. The summed E-state index contributed by atoms with van der Waals surface area (Å²) in [7, 11) is 0. The molecule has 5 fully saturated rings. The van der Waals surface area contributed by atoms with Gasteiger partial charge in [-0.15, -0.1) is 0 Å². The number of rotatable bonds is 2. The molecule has 1 aliphatic heterocycles. The Morgan fingerprint density at radius 3 is 2.56 bits per heavy atom. The standard InChI is InChI=1S/C24H38O3/c1-23-13-5-6-20(25)19(23)9-8-16-17-10-11-21(24(17,2)14-12-18(16)23)27-22-7-3-4-15-26-22/h16-19,21-22H,3-15H2,1-2H3/t16-,17-,18-,19-,21-,22?,23+,24-/m0/s1. The minimum absolute atomic E-state index is 0.0428. The number of fused-ring (bicyclic) bond motifs is 5. The van der Waals surface area contributed by atoms with Crippen LogP contribution in [0.15, 0.2) is 0 Å². The SMILES string of the molecule is C[C@]12CCCC(=O)[C@@H]1CC[C@@H]1[C@@H]2CC[C@]2(C)[C@@H](OC3CCCCO3)CC[C@@H]12. The normalized spacial score (nSPS) is 52.7. The Labute approximate surface area is 164 Å². The van der Waals surface area contributed by atoms with Gasteiger partial charge in [-0.25, -0.2) is 0 Å². The van der Waals surface area contributed by atoms with E-state index in [0.717, 1.165) is 50.0 Å². The maximum Gasteiger partial charge on any atom is 0.157 e. The molecule has 27 heavy (non-hydrogen) atoms. The first kappa shape index (κ1) is 18.6. The van der Waals surface area contributed by atoms with Crippen LogP contribution in [0.25, 0.3) is 0 Å². The minimum atomic E-state index is 0.0428. The summed E-state index contributed by atoms with van der Waals surface area (Å²) in [6.07, 6.45) is 14.7. The first-order valence-corrected chi connectivity index (χ1v) is 11.8. The maximum atomic E-state index is 12.6. The van der Waals surface area contributed by atoms with Crippen molar-refractivity contribution in [1.29, 1.82) is 0 Å². The van der Waals surface area contributed by atoms with Crippen LogP contribution in [0, 0.1) is 34.5 Å². The molecule has 3 heteroatoms. The Kier molecular flexibility index (Phi) is 4.71. The number of hydrogen-bond donors (Lipinski definition) is 0. The molecule has 152 valence electrons. The lowest BCUT2D eigenvalue weighted by Crippen LogP contribution is -2.55. The Bertz CT molecular complexity index is 582. The quantitative estimate of drug-likeness (QED) is 0.639. The highest BCUT2D eigenvalue weighted by molar-refractivity contribution is 5.82. The van der Waals surface area contributed by atoms with Gasteiger partial charge in [0.15, 0.2) is 6.29 Å². The summed E-state index contributed by atoms with van der Waals surface area (Å²) in [6.45, 7) is 5.87. The smallest absolute Gasteiger partial charge is 0.157 e.